The third-order valence-electron chi connectivity index (χ3n) is 10.8. The summed E-state index contributed by atoms with van der Waals surface area (Å²) in [6, 6.07) is 42.0. The van der Waals surface area contributed by atoms with Gasteiger partial charge in [0.2, 0.25) is 0 Å². The summed E-state index contributed by atoms with van der Waals surface area (Å²) in [5, 5.41) is 9.37. The SMILES string of the molecule is COc1ccc2c(c1)C(C)(C)c1cc(N(c3ccc(-c4ccc(C(=O)O)cc4)cc3)c3ccc4c(c3)C(C)(C)c3cc(OC)ccc3-4)ccc1-2. The van der Waals surface area contributed by atoms with Crippen LogP contribution >= 0.6 is 0 Å². The van der Waals surface area contributed by atoms with Crippen LogP contribution in [0.5, 0.6) is 11.5 Å². The Morgan fingerprint density at radius 2 is 0.860 bits per heavy atom. The molecular weight excluding hydrogens is 618 g/mol. The van der Waals surface area contributed by atoms with Gasteiger partial charge in [-0.25, -0.2) is 4.79 Å². The van der Waals surface area contributed by atoms with Crippen LogP contribution in [0.2, 0.25) is 0 Å². The molecule has 6 aromatic carbocycles. The number of methoxy groups -OCH3 is 2. The lowest BCUT2D eigenvalue weighted by molar-refractivity contribution is 0.0697. The summed E-state index contributed by atoms with van der Waals surface area (Å²) in [7, 11) is 3.44. The number of carboxylic acid groups (broad SMARTS) is 1. The standard InChI is InChI=1S/C45H39NO4/c1-44(2)39-23-31(15-19-35(39)37-21-17-33(49-5)25-41(37)44)46(30-13-11-28(12-14-30)27-7-9-29(10-8-27)43(47)48)32-16-20-36-38-22-18-34(50-6)26-42(38)45(3,4)40(36)24-32/h7-26H,1-6H3,(H,47,48). The molecule has 0 aliphatic heterocycles. The Hall–Kier alpha value is -5.81. The van der Waals surface area contributed by atoms with E-state index in [1.807, 2.05) is 24.3 Å². The average Bonchev–Trinajstić information content (AvgIpc) is 3.50. The Morgan fingerprint density at radius 1 is 0.500 bits per heavy atom. The number of anilines is 3. The van der Waals surface area contributed by atoms with Crippen LogP contribution < -0.4 is 14.4 Å². The minimum absolute atomic E-state index is 0.215. The zero-order valence-corrected chi connectivity index (χ0v) is 29.2. The minimum atomic E-state index is -0.929. The summed E-state index contributed by atoms with van der Waals surface area (Å²) >= 11 is 0. The number of hydrogen-bond donors (Lipinski definition) is 1. The van der Waals surface area contributed by atoms with Gasteiger partial charge in [-0.05, 0) is 128 Å². The second-order valence-corrected chi connectivity index (χ2v) is 14.3. The lowest BCUT2D eigenvalue weighted by Crippen LogP contribution is -2.18. The Balaban J connectivity index is 1.26. The molecule has 0 amide bonds. The Labute approximate surface area is 293 Å². The van der Waals surface area contributed by atoms with Crippen molar-refractivity contribution in [3.8, 4) is 44.9 Å². The van der Waals surface area contributed by atoms with Crippen molar-refractivity contribution in [2.24, 2.45) is 0 Å². The van der Waals surface area contributed by atoms with Crippen molar-refractivity contribution in [1.29, 1.82) is 0 Å². The molecule has 0 fully saturated rings. The third-order valence-corrected chi connectivity index (χ3v) is 10.8. The van der Waals surface area contributed by atoms with Crippen LogP contribution in [0.25, 0.3) is 33.4 Å². The fourth-order valence-corrected chi connectivity index (χ4v) is 8.00. The predicted octanol–water partition coefficient (Wildman–Crippen LogP) is 11.2. The first-order chi connectivity index (χ1) is 24.0. The number of fused-ring (bicyclic) bond motifs is 6. The number of hydrogen-bond acceptors (Lipinski definition) is 4. The van der Waals surface area contributed by atoms with Gasteiger partial charge >= 0.3 is 5.97 Å². The number of benzene rings is 6. The first kappa shape index (κ1) is 31.5. The van der Waals surface area contributed by atoms with Crippen LogP contribution in [0.1, 0.15) is 60.3 Å². The summed E-state index contributed by atoms with van der Waals surface area (Å²) in [4.78, 5) is 13.8. The van der Waals surface area contributed by atoms with Gasteiger partial charge in [-0.15, -0.1) is 0 Å². The molecule has 0 bridgehead atoms. The highest BCUT2D eigenvalue weighted by atomic mass is 16.5. The molecule has 0 radical (unpaired) electrons. The number of aromatic carboxylic acids is 1. The van der Waals surface area contributed by atoms with E-state index in [0.29, 0.717) is 0 Å². The number of ether oxygens (including phenoxy) is 2. The zero-order chi connectivity index (χ0) is 34.9. The summed E-state index contributed by atoms with van der Waals surface area (Å²) in [5.41, 5.74) is 15.1. The lowest BCUT2D eigenvalue weighted by atomic mass is 9.82. The van der Waals surface area contributed by atoms with E-state index < -0.39 is 5.97 Å². The monoisotopic (exact) mass is 657 g/mol. The van der Waals surface area contributed by atoms with Crippen molar-refractivity contribution in [2.45, 2.75) is 38.5 Å². The highest BCUT2D eigenvalue weighted by Gasteiger charge is 2.38. The van der Waals surface area contributed by atoms with Crippen LogP contribution in [0, 0.1) is 0 Å². The van der Waals surface area contributed by atoms with E-state index in [0.717, 1.165) is 39.7 Å². The number of carbonyl (C=O) groups is 1. The Morgan fingerprint density at radius 3 is 1.26 bits per heavy atom. The van der Waals surface area contributed by atoms with Crippen LogP contribution in [-0.2, 0) is 10.8 Å². The van der Waals surface area contributed by atoms with E-state index in [1.165, 1.54) is 44.5 Å². The van der Waals surface area contributed by atoms with Gasteiger partial charge < -0.3 is 19.5 Å². The van der Waals surface area contributed by atoms with Gasteiger partial charge in [0.05, 0.1) is 19.8 Å². The molecule has 5 heteroatoms. The molecule has 248 valence electrons. The van der Waals surface area contributed by atoms with E-state index in [4.69, 9.17) is 9.47 Å². The van der Waals surface area contributed by atoms with E-state index >= 15 is 0 Å². The molecule has 0 saturated carbocycles. The van der Waals surface area contributed by atoms with E-state index in [9.17, 15) is 9.90 Å². The van der Waals surface area contributed by atoms with Crippen molar-refractivity contribution in [2.75, 3.05) is 19.1 Å². The molecule has 2 aliphatic carbocycles. The molecule has 2 aliphatic rings. The van der Waals surface area contributed by atoms with Crippen molar-refractivity contribution < 1.29 is 19.4 Å². The van der Waals surface area contributed by atoms with Crippen molar-refractivity contribution >= 4 is 23.0 Å². The molecule has 6 aromatic rings. The molecule has 5 nitrogen and oxygen atoms in total. The largest absolute Gasteiger partial charge is 0.497 e. The van der Waals surface area contributed by atoms with Gasteiger partial charge in [-0.3, -0.25) is 0 Å². The molecule has 0 aromatic heterocycles. The molecular formula is C45H39NO4. The first-order valence-electron chi connectivity index (χ1n) is 16.9. The highest BCUT2D eigenvalue weighted by Crippen LogP contribution is 2.54. The summed E-state index contributed by atoms with van der Waals surface area (Å²) < 4.78 is 11.2. The average molecular weight is 658 g/mol. The van der Waals surface area contributed by atoms with Gasteiger partial charge in [-0.1, -0.05) is 76.2 Å². The predicted molar refractivity (Wildman–Crippen MR) is 202 cm³/mol. The molecule has 1 N–H and O–H groups in total. The number of carboxylic acids is 1. The lowest BCUT2D eigenvalue weighted by Gasteiger charge is -2.30. The van der Waals surface area contributed by atoms with Gasteiger partial charge in [0.25, 0.3) is 0 Å². The molecule has 0 atom stereocenters. The summed E-state index contributed by atoms with van der Waals surface area (Å²) in [6.07, 6.45) is 0. The topological polar surface area (TPSA) is 59.0 Å². The van der Waals surface area contributed by atoms with Crippen molar-refractivity contribution in [3.63, 3.8) is 0 Å². The minimum Gasteiger partial charge on any atom is -0.497 e. The second kappa shape index (κ2) is 11.4. The molecule has 0 spiro atoms. The van der Waals surface area contributed by atoms with Crippen LogP contribution in [0.4, 0.5) is 17.1 Å². The molecule has 0 heterocycles. The fourth-order valence-electron chi connectivity index (χ4n) is 8.00. The molecule has 8 rings (SSSR count). The van der Waals surface area contributed by atoms with E-state index in [-0.39, 0.29) is 16.4 Å². The maximum Gasteiger partial charge on any atom is 0.335 e. The third kappa shape index (κ3) is 4.79. The van der Waals surface area contributed by atoms with Crippen LogP contribution in [0.3, 0.4) is 0 Å². The molecule has 50 heavy (non-hydrogen) atoms. The first-order valence-corrected chi connectivity index (χ1v) is 16.9. The van der Waals surface area contributed by atoms with Crippen LogP contribution in [-0.4, -0.2) is 25.3 Å². The van der Waals surface area contributed by atoms with E-state index in [1.54, 1.807) is 26.4 Å². The van der Waals surface area contributed by atoms with Crippen molar-refractivity contribution in [1.82, 2.24) is 0 Å². The normalized spacial score (nSPS) is 14.3. The molecule has 0 unspecified atom stereocenters. The zero-order valence-electron chi connectivity index (χ0n) is 29.2. The smallest absolute Gasteiger partial charge is 0.335 e. The summed E-state index contributed by atoms with van der Waals surface area (Å²) in [5.74, 6) is 0.800. The van der Waals surface area contributed by atoms with Crippen LogP contribution in [0.15, 0.2) is 121 Å². The molecule has 0 saturated heterocycles. The fraction of sp³-hybridized carbons (Fsp3) is 0.178. The Kier molecular flexibility index (Phi) is 7.16. The quantitative estimate of drug-likeness (QED) is 0.185. The van der Waals surface area contributed by atoms with Crippen molar-refractivity contribution in [3.05, 3.63) is 149 Å². The van der Waals surface area contributed by atoms with Gasteiger partial charge in [0.1, 0.15) is 11.5 Å². The maximum atomic E-state index is 11.4. The number of nitrogens with zero attached hydrogens (tertiary/aromatic N) is 1. The maximum absolute atomic E-state index is 11.4. The van der Waals surface area contributed by atoms with Gasteiger partial charge in [-0.2, -0.15) is 0 Å². The number of rotatable bonds is 7. The summed E-state index contributed by atoms with van der Waals surface area (Å²) in [6.45, 7) is 9.16. The second-order valence-electron chi connectivity index (χ2n) is 14.3. The van der Waals surface area contributed by atoms with E-state index in [2.05, 4.69) is 118 Å². The van der Waals surface area contributed by atoms with Gasteiger partial charge in [0.15, 0.2) is 0 Å². The Bertz CT molecular complexity index is 2200. The van der Waals surface area contributed by atoms with Gasteiger partial charge in [0, 0.05) is 27.9 Å². The highest BCUT2D eigenvalue weighted by molar-refractivity contribution is 5.90.